The van der Waals surface area contributed by atoms with Crippen LogP contribution in [0.2, 0.25) is 0 Å². The molecule has 0 bridgehead atoms. The zero-order valence-corrected chi connectivity index (χ0v) is 14.8. The first-order valence-electron chi connectivity index (χ1n) is 8.50. The van der Waals surface area contributed by atoms with Crippen molar-refractivity contribution in [3.63, 3.8) is 0 Å². The van der Waals surface area contributed by atoms with Crippen LogP contribution in [0.4, 0.5) is 11.5 Å². The van der Waals surface area contributed by atoms with Crippen LogP contribution >= 0.6 is 0 Å². The molecule has 25 heavy (non-hydrogen) atoms. The number of hydrogen-bond acceptors (Lipinski definition) is 5. The van der Waals surface area contributed by atoms with E-state index >= 15 is 0 Å². The third-order valence-electron chi connectivity index (χ3n) is 4.52. The van der Waals surface area contributed by atoms with Gasteiger partial charge in [-0.2, -0.15) is 5.26 Å². The van der Waals surface area contributed by atoms with E-state index in [1.165, 1.54) is 6.20 Å². The van der Waals surface area contributed by atoms with Crippen LogP contribution in [0.1, 0.15) is 43.2 Å². The molecule has 6 heteroatoms. The molecule has 1 aromatic heterocycles. The van der Waals surface area contributed by atoms with E-state index in [0.717, 1.165) is 43.4 Å². The Balaban J connectivity index is 1.71. The predicted molar refractivity (Wildman–Crippen MR) is 98.2 cm³/mol. The summed E-state index contributed by atoms with van der Waals surface area (Å²) in [6.45, 7) is 0. The molecule has 0 atom stereocenters. The normalized spacial score (nSPS) is 15.5. The second-order valence-electron chi connectivity index (χ2n) is 6.44. The first-order chi connectivity index (χ1) is 12.1. The molecule has 0 saturated heterocycles. The number of anilines is 2. The van der Waals surface area contributed by atoms with E-state index in [-0.39, 0.29) is 11.0 Å². The molecule has 5 nitrogen and oxygen atoms in total. The van der Waals surface area contributed by atoms with Crippen molar-refractivity contribution >= 4 is 21.3 Å². The second kappa shape index (κ2) is 7.66. The molecule has 1 aliphatic carbocycles. The van der Waals surface area contributed by atoms with Crippen molar-refractivity contribution in [3.8, 4) is 6.07 Å². The highest BCUT2D eigenvalue weighted by Gasteiger charge is 2.27. The van der Waals surface area contributed by atoms with Gasteiger partial charge in [-0.05, 0) is 42.7 Å². The minimum atomic E-state index is -3.11. The molecule has 0 spiro atoms. The van der Waals surface area contributed by atoms with Gasteiger partial charge in [-0.3, -0.25) is 0 Å². The highest BCUT2D eigenvalue weighted by atomic mass is 32.2. The van der Waals surface area contributed by atoms with E-state index < -0.39 is 9.84 Å². The Kier molecular flexibility index (Phi) is 5.34. The number of aromatic nitrogens is 1. The molecule has 0 amide bonds. The lowest BCUT2D eigenvalue weighted by Crippen LogP contribution is -2.25. The van der Waals surface area contributed by atoms with Crippen molar-refractivity contribution in [2.75, 3.05) is 5.32 Å². The molecule has 1 N–H and O–H groups in total. The van der Waals surface area contributed by atoms with E-state index in [4.69, 9.17) is 5.26 Å². The maximum absolute atomic E-state index is 12.6. The van der Waals surface area contributed by atoms with Crippen LogP contribution in [0.15, 0.2) is 42.6 Å². The molecule has 1 aliphatic rings. The Hall–Kier alpha value is -2.39. The first-order valence-corrected chi connectivity index (χ1v) is 10.2. The topological polar surface area (TPSA) is 82.9 Å². The van der Waals surface area contributed by atoms with Crippen molar-refractivity contribution < 1.29 is 8.42 Å². The van der Waals surface area contributed by atoms with Gasteiger partial charge in [0.1, 0.15) is 11.9 Å². The molecule has 0 unspecified atom stereocenters. The fourth-order valence-corrected chi connectivity index (χ4v) is 5.13. The Bertz CT molecular complexity index is 864. The Morgan fingerprint density at radius 3 is 2.64 bits per heavy atom. The third kappa shape index (κ3) is 4.58. The molecule has 1 fully saturated rings. The summed E-state index contributed by atoms with van der Waals surface area (Å²) < 4.78 is 25.3. The van der Waals surface area contributed by atoms with Crippen molar-refractivity contribution in [1.82, 2.24) is 4.98 Å². The standard InChI is InChI=1S/C19H21N3O2S/c20-12-16-9-10-19(21-13-16)22-17-6-4-5-15(11-17)14-25(23,24)18-7-2-1-3-8-18/h4-6,9-11,13,18H,1-3,7-8,14H2,(H,21,22). The van der Waals surface area contributed by atoms with Crippen molar-refractivity contribution in [1.29, 1.82) is 5.26 Å². The fraction of sp³-hybridized carbons (Fsp3) is 0.368. The van der Waals surface area contributed by atoms with Crippen LogP contribution in [0, 0.1) is 11.3 Å². The van der Waals surface area contributed by atoms with E-state index in [0.29, 0.717) is 11.4 Å². The van der Waals surface area contributed by atoms with Gasteiger partial charge in [0, 0.05) is 11.9 Å². The number of benzene rings is 1. The molecule has 1 heterocycles. The lowest BCUT2D eigenvalue weighted by Gasteiger charge is -2.21. The van der Waals surface area contributed by atoms with Gasteiger partial charge in [-0.15, -0.1) is 0 Å². The highest BCUT2D eigenvalue weighted by Crippen LogP contribution is 2.27. The predicted octanol–water partition coefficient (Wildman–Crippen LogP) is 3.94. The smallest absolute Gasteiger partial charge is 0.157 e. The summed E-state index contributed by atoms with van der Waals surface area (Å²) in [4.78, 5) is 4.17. The van der Waals surface area contributed by atoms with E-state index in [1.807, 2.05) is 30.3 Å². The Morgan fingerprint density at radius 2 is 1.96 bits per heavy atom. The van der Waals surface area contributed by atoms with Gasteiger partial charge in [0.05, 0.1) is 16.6 Å². The largest absolute Gasteiger partial charge is 0.340 e. The summed E-state index contributed by atoms with van der Waals surface area (Å²) in [5.41, 5.74) is 2.07. The van der Waals surface area contributed by atoms with Crippen LogP contribution < -0.4 is 5.32 Å². The highest BCUT2D eigenvalue weighted by molar-refractivity contribution is 7.91. The van der Waals surface area contributed by atoms with Gasteiger partial charge in [-0.1, -0.05) is 31.4 Å². The number of nitrogens with zero attached hydrogens (tertiary/aromatic N) is 2. The molecule has 130 valence electrons. The summed E-state index contributed by atoms with van der Waals surface area (Å²) in [5, 5.41) is 11.8. The van der Waals surface area contributed by atoms with Crippen molar-refractivity contribution in [3.05, 3.63) is 53.7 Å². The Labute approximate surface area is 148 Å². The van der Waals surface area contributed by atoms with Crippen LogP contribution in [0.3, 0.4) is 0 Å². The number of sulfone groups is 1. The van der Waals surface area contributed by atoms with Gasteiger partial charge in [0.15, 0.2) is 9.84 Å². The number of pyridine rings is 1. The van der Waals surface area contributed by atoms with Gasteiger partial charge in [0.25, 0.3) is 0 Å². The quantitative estimate of drug-likeness (QED) is 0.878. The fourth-order valence-electron chi connectivity index (χ4n) is 3.20. The van der Waals surface area contributed by atoms with Gasteiger partial charge < -0.3 is 5.32 Å². The SMILES string of the molecule is N#Cc1ccc(Nc2cccc(CS(=O)(=O)C3CCCCC3)c2)nc1. The third-order valence-corrected chi connectivity index (χ3v) is 6.74. The monoisotopic (exact) mass is 355 g/mol. The molecule has 0 aliphatic heterocycles. The average molecular weight is 355 g/mol. The number of nitrogens with one attached hydrogen (secondary N) is 1. The van der Waals surface area contributed by atoms with Crippen molar-refractivity contribution in [2.45, 2.75) is 43.1 Å². The molecule has 0 radical (unpaired) electrons. The van der Waals surface area contributed by atoms with Crippen LogP contribution in [-0.4, -0.2) is 18.7 Å². The number of nitriles is 1. The minimum absolute atomic E-state index is 0.0774. The number of rotatable bonds is 5. The summed E-state index contributed by atoms with van der Waals surface area (Å²) in [7, 11) is -3.11. The summed E-state index contributed by atoms with van der Waals surface area (Å²) >= 11 is 0. The molecule has 2 aromatic rings. The van der Waals surface area contributed by atoms with Gasteiger partial charge in [-0.25, -0.2) is 13.4 Å². The van der Waals surface area contributed by atoms with Crippen LogP contribution in [0.5, 0.6) is 0 Å². The first kappa shape index (κ1) is 17.4. The van der Waals surface area contributed by atoms with E-state index in [9.17, 15) is 8.42 Å². The Morgan fingerprint density at radius 1 is 1.16 bits per heavy atom. The van der Waals surface area contributed by atoms with Gasteiger partial charge >= 0.3 is 0 Å². The second-order valence-corrected chi connectivity index (χ2v) is 8.72. The molecule has 3 rings (SSSR count). The minimum Gasteiger partial charge on any atom is -0.340 e. The lowest BCUT2D eigenvalue weighted by molar-refractivity contribution is 0.483. The molecule has 1 aromatic carbocycles. The van der Waals surface area contributed by atoms with E-state index in [2.05, 4.69) is 10.3 Å². The van der Waals surface area contributed by atoms with E-state index in [1.54, 1.807) is 12.1 Å². The van der Waals surface area contributed by atoms with Crippen LogP contribution in [0.25, 0.3) is 0 Å². The van der Waals surface area contributed by atoms with Gasteiger partial charge in [0.2, 0.25) is 0 Å². The summed E-state index contributed by atoms with van der Waals surface area (Å²) in [6.07, 6.45) is 6.24. The summed E-state index contributed by atoms with van der Waals surface area (Å²) in [5.74, 6) is 0.694. The number of hydrogen-bond donors (Lipinski definition) is 1. The molecular weight excluding hydrogens is 334 g/mol. The lowest BCUT2D eigenvalue weighted by atomic mass is 10.0. The van der Waals surface area contributed by atoms with Crippen LogP contribution in [-0.2, 0) is 15.6 Å². The van der Waals surface area contributed by atoms with Crippen molar-refractivity contribution in [2.24, 2.45) is 0 Å². The summed E-state index contributed by atoms with van der Waals surface area (Å²) in [6, 6.07) is 12.8. The maximum atomic E-state index is 12.6. The zero-order chi connectivity index (χ0) is 17.7. The average Bonchev–Trinajstić information content (AvgIpc) is 2.63. The maximum Gasteiger partial charge on any atom is 0.157 e. The molecule has 1 saturated carbocycles. The zero-order valence-electron chi connectivity index (χ0n) is 14.0. The molecular formula is C19H21N3O2S.